The lowest BCUT2D eigenvalue weighted by Gasteiger charge is -2.47. The summed E-state index contributed by atoms with van der Waals surface area (Å²) < 4.78 is 1.40. The molecule has 0 bridgehead atoms. The van der Waals surface area contributed by atoms with Gasteiger partial charge in [0.15, 0.2) is 5.82 Å². The zero-order chi connectivity index (χ0) is 25.6. The number of aromatic nitrogens is 4. The summed E-state index contributed by atoms with van der Waals surface area (Å²) in [6, 6.07) is -1.15. The average Bonchev–Trinajstić information content (AvgIpc) is 3.46. The van der Waals surface area contributed by atoms with E-state index in [0.717, 1.165) is 0 Å². The number of nitrogens with one attached hydrogen (secondary N) is 2. The predicted octanol–water partition coefficient (Wildman–Crippen LogP) is -1.42. The minimum Gasteiger partial charge on any atom is -0.477 e. The molecule has 35 heavy (non-hydrogen) atoms. The molecule has 0 aliphatic carbocycles. The van der Waals surface area contributed by atoms with Crippen molar-refractivity contribution in [3.05, 3.63) is 16.4 Å². The van der Waals surface area contributed by atoms with E-state index in [4.69, 9.17) is 0 Å². The third-order valence-corrected chi connectivity index (χ3v) is 8.38. The Morgan fingerprint density at radius 1 is 1.34 bits per heavy atom. The van der Waals surface area contributed by atoms with Crippen molar-refractivity contribution in [1.82, 2.24) is 40.6 Å². The normalized spacial score (nSPS) is 28.5. The van der Waals surface area contributed by atoms with Gasteiger partial charge in [0.05, 0.1) is 24.4 Å². The zero-order valence-corrected chi connectivity index (χ0v) is 21.1. The fourth-order valence-electron chi connectivity index (χ4n) is 5.11. The van der Waals surface area contributed by atoms with Gasteiger partial charge in [0.2, 0.25) is 17.7 Å². The standard InChI is InChI=1S/C21H30N8O5S/c1-9-16-15(10(2)23-14(30)7-13-24-25-26-28(13)5)20(32)29(16)17(21(33)34)18(9)35-11-6-12(22-8-11)19(31)27(3)4/h9-12,15-16,22H,6-8H2,1-5H3,(H,23,30)(H,33,34)/t9-,10-,11+,12+,15-,16-/m1/s1. The number of aryl methyl sites for hydroxylation is 1. The molecule has 190 valence electrons. The topological polar surface area (TPSA) is 163 Å². The van der Waals surface area contributed by atoms with Crippen molar-refractivity contribution >= 4 is 35.5 Å². The summed E-state index contributed by atoms with van der Waals surface area (Å²) in [7, 11) is 5.04. The number of carboxylic acids is 1. The van der Waals surface area contributed by atoms with Crippen LogP contribution in [-0.2, 0) is 32.6 Å². The smallest absolute Gasteiger partial charge is 0.353 e. The molecule has 0 unspecified atom stereocenters. The molecule has 3 amide bonds. The fraction of sp³-hybridized carbons (Fsp3) is 0.667. The Balaban J connectivity index is 1.44. The van der Waals surface area contributed by atoms with Gasteiger partial charge in [-0.3, -0.25) is 14.4 Å². The van der Waals surface area contributed by atoms with Gasteiger partial charge in [-0.2, -0.15) is 0 Å². The number of carbonyl (C=O) groups excluding carboxylic acids is 3. The number of carboxylic acid groups (broad SMARTS) is 1. The molecule has 0 spiro atoms. The van der Waals surface area contributed by atoms with Crippen LogP contribution in [0.2, 0.25) is 0 Å². The molecule has 1 aromatic heterocycles. The minimum absolute atomic E-state index is 0.0132. The van der Waals surface area contributed by atoms with E-state index in [2.05, 4.69) is 26.2 Å². The van der Waals surface area contributed by atoms with Crippen LogP contribution in [0.5, 0.6) is 0 Å². The van der Waals surface area contributed by atoms with Gasteiger partial charge >= 0.3 is 5.97 Å². The highest BCUT2D eigenvalue weighted by Gasteiger charge is 2.60. The van der Waals surface area contributed by atoms with Crippen LogP contribution < -0.4 is 10.6 Å². The van der Waals surface area contributed by atoms with E-state index in [1.54, 1.807) is 28.1 Å². The number of rotatable bonds is 8. The van der Waals surface area contributed by atoms with Crippen LogP contribution in [0.15, 0.2) is 10.6 Å². The molecule has 13 nitrogen and oxygen atoms in total. The first-order valence-corrected chi connectivity index (χ1v) is 12.3. The van der Waals surface area contributed by atoms with Crippen molar-refractivity contribution in [3.8, 4) is 0 Å². The molecule has 4 rings (SSSR count). The highest BCUT2D eigenvalue weighted by molar-refractivity contribution is 8.03. The van der Waals surface area contributed by atoms with Gasteiger partial charge in [-0.15, -0.1) is 16.9 Å². The van der Waals surface area contributed by atoms with E-state index in [0.29, 0.717) is 23.7 Å². The lowest BCUT2D eigenvalue weighted by atomic mass is 9.78. The Kier molecular flexibility index (Phi) is 6.86. The number of tetrazole rings is 1. The molecule has 3 N–H and O–H groups in total. The Hall–Kier alpha value is -3.00. The molecule has 14 heteroatoms. The Morgan fingerprint density at radius 2 is 2.06 bits per heavy atom. The highest BCUT2D eigenvalue weighted by atomic mass is 32.2. The maximum atomic E-state index is 13.1. The summed E-state index contributed by atoms with van der Waals surface area (Å²) in [5, 5.41) is 27.0. The molecule has 3 aliphatic rings. The van der Waals surface area contributed by atoms with Gasteiger partial charge in [-0.1, -0.05) is 6.92 Å². The van der Waals surface area contributed by atoms with E-state index in [1.165, 1.54) is 26.2 Å². The lowest BCUT2D eigenvalue weighted by molar-refractivity contribution is -0.158. The van der Waals surface area contributed by atoms with E-state index < -0.39 is 17.9 Å². The van der Waals surface area contributed by atoms with E-state index in [9.17, 15) is 24.3 Å². The molecule has 2 fully saturated rings. The molecule has 0 aromatic carbocycles. The van der Waals surface area contributed by atoms with Crippen LogP contribution in [0.3, 0.4) is 0 Å². The number of amides is 3. The maximum Gasteiger partial charge on any atom is 0.353 e. The van der Waals surface area contributed by atoms with Gasteiger partial charge in [-0.25, -0.2) is 9.48 Å². The Bertz CT molecular complexity index is 1090. The van der Waals surface area contributed by atoms with Crippen molar-refractivity contribution in [1.29, 1.82) is 0 Å². The summed E-state index contributed by atoms with van der Waals surface area (Å²) in [5.74, 6) is -2.14. The monoisotopic (exact) mass is 506 g/mol. The predicted molar refractivity (Wildman–Crippen MR) is 125 cm³/mol. The Morgan fingerprint density at radius 3 is 2.66 bits per heavy atom. The number of β-lactam (4-membered cyclic amide) rings is 1. The number of carbonyl (C=O) groups is 4. The van der Waals surface area contributed by atoms with Crippen LogP contribution in [0.25, 0.3) is 0 Å². The molecular formula is C21H30N8O5S. The summed E-state index contributed by atoms with van der Waals surface area (Å²) in [5.41, 5.74) is 0.0137. The lowest BCUT2D eigenvalue weighted by Crippen LogP contribution is -2.66. The van der Waals surface area contributed by atoms with Crippen molar-refractivity contribution in [3.63, 3.8) is 0 Å². The second kappa shape index (κ2) is 9.57. The number of fused-ring (bicyclic) bond motifs is 1. The minimum atomic E-state index is -1.15. The van der Waals surface area contributed by atoms with Crippen molar-refractivity contribution in [2.45, 2.75) is 50.1 Å². The third kappa shape index (κ3) is 4.51. The van der Waals surface area contributed by atoms with Gasteiger partial charge in [-0.05, 0) is 23.8 Å². The van der Waals surface area contributed by atoms with Crippen LogP contribution in [0.1, 0.15) is 26.1 Å². The van der Waals surface area contributed by atoms with E-state index in [1.807, 2.05) is 6.92 Å². The number of likely N-dealkylation sites (N-methyl/N-ethyl adjacent to an activating group) is 1. The highest BCUT2D eigenvalue weighted by Crippen LogP contribution is 2.51. The Labute approximate surface area is 206 Å². The van der Waals surface area contributed by atoms with E-state index >= 15 is 0 Å². The largest absolute Gasteiger partial charge is 0.477 e. The first-order valence-electron chi connectivity index (χ1n) is 11.4. The molecule has 6 atom stereocenters. The van der Waals surface area contributed by atoms with Crippen LogP contribution in [0.4, 0.5) is 0 Å². The van der Waals surface area contributed by atoms with Crippen molar-refractivity contribution in [2.75, 3.05) is 20.6 Å². The number of hydrogen-bond acceptors (Lipinski definition) is 9. The second-order valence-electron chi connectivity index (χ2n) is 9.45. The first-order chi connectivity index (χ1) is 16.5. The number of nitrogens with zero attached hydrogens (tertiary/aromatic N) is 6. The summed E-state index contributed by atoms with van der Waals surface area (Å²) in [4.78, 5) is 53.6. The number of hydrogen-bond donors (Lipinski definition) is 3. The molecule has 2 saturated heterocycles. The van der Waals surface area contributed by atoms with Crippen LogP contribution in [0, 0.1) is 11.8 Å². The summed E-state index contributed by atoms with van der Waals surface area (Å²) >= 11 is 1.43. The van der Waals surface area contributed by atoms with Gasteiger partial charge in [0.25, 0.3) is 0 Å². The summed E-state index contributed by atoms with van der Waals surface area (Å²) in [6.45, 7) is 4.24. The maximum absolute atomic E-state index is 13.1. The first kappa shape index (κ1) is 25.1. The van der Waals surface area contributed by atoms with Crippen LogP contribution >= 0.6 is 11.8 Å². The molecule has 4 heterocycles. The molecule has 0 radical (unpaired) electrons. The van der Waals surface area contributed by atoms with Crippen LogP contribution in [-0.4, -0.2) is 103 Å². The van der Waals surface area contributed by atoms with Gasteiger partial charge in [0, 0.05) is 49.8 Å². The quantitative estimate of drug-likeness (QED) is 0.357. The van der Waals surface area contributed by atoms with Gasteiger partial charge in [0.1, 0.15) is 5.70 Å². The second-order valence-corrected chi connectivity index (χ2v) is 10.8. The molecular weight excluding hydrogens is 476 g/mol. The van der Waals surface area contributed by atoms with Crippen molar-refractivity contribution < 1.29 is 24.3 Å². The average molecular weight is 507 g/mol. The molecule has 0 saturated carbocycles. The molecule has 1 aromatic rings. The zero-order valence-electron chi connectivity index (χ0n) is 20.3. The number of thioether (sulfide) groups is 1. The summed E-state index contributed by atoms with van der Waals surface area (Å²) in [6.07, 6.45) is 0.552. The third-order valence-electron chi connectivity index (χ3n) is 6.87. The van der Waals surface area contributed by atoms with Gasteiger partial charge < -0.3 is 25.5 Å². The number of aliphatic carboxylic acids is 1. The van der Waals surface area contributed by atoms with Crippen molar-refractivity contribution in [2.24, 2.45) is 18.9 Å². The fourth-order valence-corrected chi connectivity index (χ4v) is 6.58. The molecule has 3 aliphatic heterocycles. The van der Waals surface area contributed by atoms with E-state index in [-0.39, 0.29) is 53.1 Å². The SMILES string of the molecule is C[C@@H](NC(=O)Cc1nnnn1C)[C@H]1C(=O)N2C(C(=O)O)=C(S[C@@H]3CN[C@H](C(=O)N(C)C)C3)[C@H](C)[C@H]12.